The van der Waals surface area contributed by atoms with Crippen LogP contribution < -0.4 is 10.2 Å². The van der Waals surface area contributed by atoms with Crippen molar-refractivity contribution in [2.75, 3.05) is 11.4 Å². The van der Waals surface area contributed by atoms with Crippen LogP contribution in [0.1, 0.15) is 20.3 Å². The molecule has 0 unspecified atom stereocenters. The van der Waals surface area contributed by atoms with E-state index in [1.807, 2.05) is 32.0 Å². The molecule has 5 nitrogen and oxygen atoms in total. The summed E-state index contributed by atoms with van der Waals surface area (Å²) in [5, 5.41) is 11.5. The Hall–Kier alpha value is -2.04. The maximum atomic E-state index is 12.0. The predicted molar refractivity (Wildman–Crippen MR) is 69.7 cm³/mol. The first kappa shape index (κ1) is 14.0. The second-order valence-electron chi connectivity index (χ2n) is 4.24. The number of carboxylic acid groups (broad SMARTS) is 1. The van der Waals surface area contributed by atoms with Crippen LogP contribution in [0.2, 0.25) is 0 Å². The highest BCUT2D eigenvalue weighted by Crippen LogP contribution is 2.14. The van der Waals surface area contributed by atoms with Gasteiger partial charge in [0.05, 0.1) is 6.42 Å². The monoisotopic (exact) mass is 250 g/mol. The van der Waals surface area contributed by atoms with Gasteiger partial charge in [-0.2, -0.15) is 0 Å². The van der Waals surface area contributed by atoms with E-state index in [1.54, 1.807) is 12.1 Å². The molecular weight excluding hydrogens is 232 g/mol. The first-order valence-electron chi connectivity index (χ1n) is 5.85. The topological polar surface area (TPSA) is 69.6 Å². The summed E-state index contributed by atoms with van der Waals surface area (Å²) >= 11 is 0. The first-order valence-corrected chi connectivity index (χ1v) is 5.85. The standard InChI is InChI=1S/C13H18N2O3/c1-10(2)14-13(18)15(9-8-12(16)17)11-6-4-3-5-7-11/h3-7,10H,8-9H2,1-2H3,(H,14,18)(H,16,17). The number of aliphatic carboxylic acids is 1. The Morgan fingerprint density at radius 3 is 2.39 bits per heavy atom. The normalized spacial score (nSPS) is 10.2. The molecule has 0 spiro atoms. The number of para-hydroxylation sites is 1. The molecule has 0 aliphatic rings. The Morgan fingerprint density at radius 2 is 1.89 bits per heavy atom. The molecule has 2 amide bonds. The van der Waals surface area contributed by atoms with Crippen LogP contribution in [0.15, 0.2) is 30.3 Å². The van der Waals surface area contributed by atoms with Gasteiger partial charge in [0.2, 0.25) is 0 Å². The summed E-state index contributed by atoms with van der Waals surface area (Å²) < 4.78 is 0. The van der Waals surface area contributed by atoms with Crippen molar-refractivity contribution in [3.05, 3.63) is 30.3 Å². The molecule has 0 fully saturated rings. The van der Waals surface area contributed by atoms with Gasteiger partial charge in [0.1, 0.15) is 0 Å². The Balaban J connectivity index is 2.81. The van der Waals surface area contributed by atoms with E-state index in [-0.39, 0.29) is 25.0 Å². The summed E-state index contributed by atoms with van der Waals surface area (Å²) in [5.74, 6) is -0.923. The maximum Gasteiger partial charge on any atom is 0.322 e. The molecule has 0 saturated carbocycles. The summed E-state index contributed by atoms with van der Waals surface area (Å²) in [5.41, 5.74) is 0.692. The summed E-state index contributed by atoms with van der Waals surface area (Å²) in [7, 11) is 0. The van der Waals surface area contributed by atoms with E-state index in [0.717, 1.165) is 0 Å². The lowest BCUT2D eigenvalue weighted by molar-refractivity contribution is -0.136. The van der Waals surface area contributed by atoms with Gasteiger partial charge in [0.15, 0.2) is 0 Å². The van der Waals surface area contributed by atoms with Crippen LogP contribution in [0.4, 0.5) is 10.5 Å². The number of carbonyl (C=O) groups excluding carboxylic acids is 1. The fourth-order valence-corrected chi connectivity index (χ4v) is 1.49. The van der Waals surface area contributed by atoms with Gasteiger partial charge >= 0.3 is 12.0 Å². The van der Waals surface area contributed by atoms with Crippen molar-refractivity contribution in [3.8, 4) is 0 Å². The third-order valence-electron chi connectivity index (χ3n) is 2.27. The molecule has 0 aliphatic carbocycles. The average molecular weight is 250 g/mol. The van der Waals surface area contributed by atoms with Crippen LogP contribution in [0, 0.1) is 0 Å². The van der Waals surface area contributed by atoms with E-state index in [1.165, 1.54) is 4.90 Å². The number of nitrogens with one attached hydrogen (secondary N) is 1. The number of anilines is 1. The molecule has 0 atom stereocenters. The minimum Gasteiger partial charge on any atom is -0.481 e. The number of nitrogens with zero attached hydrogens (tertiary/aromatic N) is 1. The quantitative estimate of drug-likeness (QED) is 0.840. The maximum absolute atomic E-state index is 12.0. The summed E-state index contributed by atoms with van der Waals surface area (Å²) in [6.07, 6.45) is -0.0829. The Labute approximate surface area is 106 Å². The Bertz CT molecular complexity index is 404. The lowest BCUT2D eigenvalue weighted by atomic mass is 10.2. The zero-order chi connectivity index (χ0) is 13.5. The summed E-state index contributed by atoms with van der Waals surface area (Å²) in [4.78, 5) is 24.0. The fraction of sp³-hybridized carbons (Fsp3) is 0.385. The highest BCUT2D eigenvalue weighted by Gasteiger charge is 2.16. The van der Waals surface area contributed by atoms with Gasteiger partial charge in [0.25, 0.3) is 0 Å². The Morgan fingerprint density at radius 1 is 1.28 bits per heavy atom. The minimum atomic E-state index is -0.923. The van der Waals surface area contributed by atoms with Gasteiger partial charge in [-0.15, -0.1) is 0 Å². The van der Waals surface area contributed by atoms with Crippen LogP contribution in [-0.2, 0) is 4.79 Å². The van der Waals surface area contributed by atoms with Gasteiger partial charge < -0.3 is 10.4 Å². The van der Waals surface area contributed by atoms with Crippen molar-refractivity contribution in [3.63, 3.8) is 0 Å². The number of benzene rings is 1. The third-order valence-corrected chi connectivity index (χ3v) is 2.27. The van der Waals surface area contributed by atoms with Gasteiger partial charge in [-0.1, -0.05) is 18.2 Å². The first-order chi connectivity index (χ1) is 8.50. The number of urea groups is 1. The van der Waals surface area contributed by atoms with Crippen LogP contribution in [-0.4, -0.2) is 29.7 Å². The zero-order valence-electron chi connectivity index (χ0n) is 10.6. The molecule has 0 aliphatic heterocycles. The second kappa shape index (κ2) is 6.64. The van der Waals surface area contributed by atoms with E-state index in [2.05, 4.69) is 5.32 Å². The van der Waals surface area contributed by atoms with E-state index >= 15 is 0 Å². The Kier molecular flexibility index (Phi) is 5.17. The smallest absolute Gasteiger partial charge is 0.322 e. The van der Waals surface area contributed by atoms with E-state index < -0.39 is 5.97 Å². The van der Waals surface area contributed by atoms with Crippen molar-refractivity contribution in [2.24, 2.45) is 0 Å². The molecule has 0 heterocycles. The van der Waals surface area contributed by atoms with Gasteiger partial charge in [-0.05, 0) is 26.0 Å². The van der Waals surface area contributed by atoms with Gasteiger partial charge in [-0.3, -0.25) is 9.69 Å². The number of carbonyl (C=O) groups is 2. The lowest BCUT2D eigenvalue weighted by Gasteiger charge is -2.23. The molecular formula is C13H18N2O3. The fourth-order valence-electron chi connectivity index (χ4n) is 1.49. The molecule has 1 aromatic carbocycles. The van der Waals surface area contributed by atoms with Crippen LogP contribution in [0.5, 0.6) is 0 Å². The van der Waals surface area contributed by atoms with E-state index in [0.29, 0.717) is 5.69 Å². The van der Waals surface area contributed by atoms with E-state index in [9.17, 15) is 9.59 Å². The highest BCUT2D eigenvalue weighted by molar-refractivity contribution is 5.92. The van der Waals surface area contributed by atoms with Crippen molar-refractivity contribution >= 4 is 17.7 Å². The lowest BCUT2D eigenvalue weighted by Crippen LogP contribution is -2.44. The molecule has 2 N–H and O–H groups in total. The number of hydrogen-bond acceptors (Lipinski definition) is 2. The largest absolute Gasteiger partial charge is 0.481 e. The van der Waals surface area contributed by atoms with Gasteiger partial charge in [-0.25, -0.2) is 4.79 Å². The summed E-state index contributed by atoms with van der Waals surface area (Å²) in [6.45, 7) is 3.87. The molecule has 98 valence electrons. The number of rotatable bonds is 5. The summed E-state index contributed by atoms with van der Waals surface area (Å²) in [6, 6.07) is 8.76. The molecule has 0 saturated heterocycles. The zero-order valence-corrected chi connectivity index (χ0v) is 10.6. The second-order valence-corrected chi connectivity index (χ2v) is 4.24. The molecule has 18 heavy (non-hydrogen) atoms. The number of amides is 2. The molecule has 0 radical (unpaired) electrons. The molecule has 1 rings (SSSR count). The predicted octanol–water partition coefficient (Wildman–Crippen LogP) is 2.09. The van der Waals surface area contributed by atoms with Gasteiger partial charge in [0, 0.05) is 18.3 Å². The molecule has 5 heteroatoms. The van der Waals surface area contributed by atoms with E-state index in [4.69, 9.17) is 5.11 Å². The minimum absolute atomic E-state index is 0.00791. The number of hydrogen-bond donors (Lipinski definition) is 2. The SMILES string of the molecule is CC(C)NC(=O)N(CCC(=O)O)c1ccccc1. The third kappa shape index (κ3) is 4.45. The van der Waals surface area contributed by atoms with Crippen molar-refractivity contribution in [1.82, 2.24) is 5.32 Å². The van der Waals surface area contributed by atoms with Crippen molar-refractivity contribution < 1.29 is 14.7 Å². The van der Waals surface area contributed by atoms with Crippen molar-refractivity contribution in [2.45, 2.75) is 26.3 Å². The average Bonchev–Trinajstić information content (AvgIpc) is 2.29. The van der Waals surface area contributed by atoms with Crippen LogP contribution in [0.25, 0.3) is 0 Å². The highest BCUT2D eigenvalue weighted by atomic mass is 16.4. The number of carboxylic acids is 1. The molecule has 1 aromatic rings. The molecule has 0 bridgehead atoms. The van der Waals surface area contributed by atoms with Crippen molar-refractivity contribution in [1.29, 1.82) is 0 Å². The molecule has 0 aromatic heterocycles. The van der Waals surface area contributed by atoms with Crippen LogP contribution >= 0.6 is 0 Å². The van der Waals surface area contributed by atoms with Crippen LogP contribution in [0.3, 0.4) is 0 Å².